The molecule has 3 rings (SSSR count). The van der Waals surface area contributed by atoms with Crippen LogP contribution in [-0.2, 0) is 6.42 Å². The molecule has 0 spiro atoms. The Morgan fingerprint density at radius 3 is 2.34 bits per heavy atom. The Bertz CT molecular complexity index is 847. The molecular weight excluding hydrogens is 350 g/mol. The Balaban J connectivity index is 0.000000211. The third-order valence-corrected chi connectivity index (χ3v) is 5.74. The van der Waals surface area contributed by atoms with Gasteiger partial charge in [-0.3, -0.25) is 0 Å². The van der Waals surface area contributed by atoms with Crippen molar-refractivity contribution in [3.63, 3.8) is 0 Å². The Kier molecular flexibility index (Phi) is 9.67. The molecule has 0 unspecified atom stereocenters. The van der Waals surface area contributed by atoms with Gasteiger partial charge in [0.1, 0.15) is 0 Å². The maximum atomic E-state index is 3.87. The molecular formula is C28H37N. The van der Waals surface area contributed by atoms with Crippen molar-refractivity contribution < 1.29 is 0 Å². The molecule has 0 atom stereocenters. The van der Waals surface area contributed by atoms with Crippen LogP contribution in [0.15, 0.2) is 91.1 Å². The molecule has 1 nitrogen and oxygen atoms in total. The van der Waals surface area contributed by atoms with Crippen LogP contribution in [-0.4, -0.2) is 25.0 Å². The van der Waals surface area contributed by atoms with E-state index in [0.29, 0.717) is 0 Å². The Hall–Kier alpha value is -2.38. The van der Waals surface area contributed by atoms with Gasteiger partial charge in [0.15, 0.2) is 0 Å². The number of piperidine rings is 1. The number of allylic oxidation sites excluding steroid dienone is 6. The van der Waals surface area contributed by atoms with Crippen LogP contribution in [0, 0.1) is 5.92 Å². The smallest absolute Gasteiger partial charge is 0.00159 e. The fourth-order valence-electron chi connectivity index (χ4n) is 3.83. The van der Waals surface area contributed by atoms with Crippen LogP contribution in [0.25, 0.3) is 10.8 Å². The number of hydrogen-bond donors (Lipinski definition) is 0. The minimum absolute atomic E-state index is 0.752. The molecule has 2 aromatic carbocycles. The average Bonchev–Trinajstić information content (AvgIpc) is 2.76. The minimum Gasteiger partial charge on any atom is -0.306 e. The zero-order valence-electron chi connectivity index (χ0n) is 18.5. The molecule has 0 aliphatic carbocycles. The molecule has 1 heterocycles. The van der Waals surface area contributed by atoms with Gasteiger partial charge in [0.2, 0.25) is 0 Å². The highest BCUT2D eigenvalue weighted by Gasteiger charge is 2.18. The lowest BCUT2D eigenvalue weighted by atomic mass is 9.87. The van der Waals surface area contributed by atoms with Crippen molar-refractivity contribution in [3.8, 4) is 0 Å². The number of hydrogen-bond acceptors (Lipinski definition) is 1. The van der Waals surface area contributed by atoms with Crippen LogP contribution in [0.3, 0.4) is 0 Å². The van der Waals surface area contributed by atoms with E-state index in [2.05, 4.69) is 93.6 Å². The molecule has 0 radical (unpaired) electrons. The first-order valence-corrected chi connectivity index (χ1v) is 10.9. The van der Waals surface area contributed by atoms with Gasteiger partial charge >= 0.3 is 0 Å². The van der Waals surface area contributed by atoms with Gasteiger partial charge < -0.3 is 4.90 Å². The second-order valence-electron chi connectivity index (χ2n) is 7.82. The second-order valence-corrected chi connectivity index (χ2v) is 7.82. The van der Waals surface area contributed by atoms with Gasteiger partial charge in [0.25, 0.3) is 0 Å². The first kappa shape index (κ1) is 22.9. The SMILES string of the molecule is C=C/C(=C\C(=C/C)C1CCN(C)CC1)CC.C=CCc1ccc2ccccc2c1. The van der Waals surface area contributed by atoms with Gasteiger partial charge in [0.05, 0.1) is 0 Å². The molecule has 1 aliphatic heterocycles. The third-order valence-electron chi connectivity index (χ3n) is 5.74. The predicted octanol–water partition coefficient (Wildman–Crippen LogP) is 7.37. The van der Waals surface area contributed by atoms with Crippen molar-refractivity contribution >= 4 is 10.8 Å². The van der Waals surface area contributed by atoms with E-state index in [-0.39, 0.29) is 0 Å². The normalized spacial score (nSPS) is 16.2. The minimum atomic E-state index is 0.752. The largest absolute Gasteiger partial charge is 0.306 e. The van der Waals surface area contributed by atoms with Gasteiger partial charge in [-0.1, -0.05) is 80.3 Å². The molecule has 0 bridgehead atoms. The third kappa shape index (κ3) is 7.18. The standard InChI is InChI=1S/C15H25N.C13H12/c1-5-13(6-2)12-14(7-3)15-8-10-16(4)11-9-15;1-2-5-11-8-9-12-6-3-4-7-13(12)10-11/h5,7,12,15H,1,6,8-11H2,2-4H3;2-4,6-10H,1,5H2/b13-12+,14-7+;. The summed E-state index contributed by atoms with van der Waals surface area (Å²) in [7, 11) is 2.21. The Morgan fingerprint density at radius 1 is 1.07 bits per heavy atom. The van der Waals surface area contributed by atoms with Crippen LogP contribution in [0.5, 0.6) is 0 Å². The highest BCUT2D eigenvalue weighted by Crippen LogP contribution is 2.26. The van der Waals surface area contributed by atoms with E-state index in [0.717, 1.165) is 18.8 Å². The van der Waals surface area contributed by atoms with E-state index in [1.165, 1.54) is 53.4 Å². The highest BCUT2D eigenvalue weighted by atomic mass is 15.1. The van der Waals surface area contributed by atoms with Crippen molar-refractivity contribution in [1.29, 1.82) is 0 Å². The summed E-state index contributed by atoms with van der Waals surface area (Å²) in [6, 6.07) is 14.9. The molecule has 0 saturated carbocycles. The van der Waals surface area contributed by atoms with Crippen LogP contribution in [0.4, 0.5) is 0 Å². The predicted molar refractivity (Wildman–Crippen MR) is 130 cm³/mol. The van der Waals surface area contributed by atoms with E-state index in [9.17, 15) is 0 Å². The first-order chi connectivity index (χ1) is 14.1. The van der Waals surface area contributed by atoms with Gasteiger partial charge in [-0.05, 0) is 86.1 Å². The molecule has 0 amide bonds. The van der Waals surface area contributed by atoms with E-state index >= 15 is 0 Å². The van der Waals surface area contributed by atoms with Gasteiger partial charge in [-0.15, -0.1) is 6.58 Å². The summed E-state index contributed by atoms with van der Waals surface area (Å²) in [6.45, 7) is 14.4. The molecule has 1 fully saturated rings. The maximum Gasteiger partial charge on any atom is -0.00159 e. The average molecular weight is 388 g/mol. The van der Waals surface area contributed by atoms with Crippen molar-refractivity contribution in [3.05, 3.63) is 96.6 Å². The molecule has 154 valence electrons. The Morgan fingerprint density at radius 2 is 1.76 bits per heavy atom. The van der Waals surface area contributed by atoms with E-state index in [1.807, 2.05) is 12.2 Å². The number of nitrogens with zero attached hydrogens (tertiary/aromatic N) is 1. The highest BCUT2D eigenvalue weighted by molar-refractivity contribution is 5.83. The summed E-state index contributed by atoms with van der Waals surface area (Å²) >= 11 is 0. The molecule has 0 aromatic heterocycles. The van der Waals surface area contributed by atoms with Crippen molar-refractivity contribution in [2.45, 2.75) is 39.5 Å². The van der Waals surface area contributed by atoms with Gasteiger partial charge in [-0.2, -0.15) is 0 Å². The zero-order chi connectivity index (χ0) is 21.1. The van der Waals surface area contributed by atoms with Crippen molar-refractivity contribution in [1.82, 2.24) is 4.90 Å². The van der Waals surface area contributed by atoms with Gasteiger partial charge in [-0.25, -0.2) is 0 Å². The van der Waals surface area contributed by atoms with E-state index < -0.39 is 0 Å². The maximum absolute atomic E-state index is 3.87. The molecule has 1 heteroatoms. The van der Waals surface area contributed by atoms with E-state index in [4.69, 9.17) is 0 Å². The summed E-state index contributed by atoms with van der Waals surface area (Å²) in [4.78, 5) is 2.42. The summed E-state index contributed by atoms with van der Waals surface area (Å²) in [6.07, 6.45) is 13.1. The van der Waals surface area contributed by atoms with Crippen LogP contribution in [0.1, 0.15) is 38.7 Å². The van der Waals surface area contributed by atoms with Crippen molar-refractivity contribution in [2.24, 2.45) is 5.92 Å². The van der Waals surface area contributed by atoms with Gasteiger partial charge in [0, 0.05) is 0 Å². The lowest BCUT2D eigenvalue weighted by molar-refractivity contribution is 0.240. The summed E-state index contributed by atoms with van der Waals surface area (Å²) < 4.78 is 0. The van der Waals surface area contributed by atoms with Crippen LogP contribution in [0.2, 0.25) is 0 Å². The molecule has 1 aliphatic rings. The lowest BCUT2D eigenvalue weighted by Crippen LogP contribution is -2.30. The quantitative estimate of drug-likeness (QED) is 0.369. The Labute approximate surface area is 178 Å². The molecule has 1 saturated heterocycles. The van der Waals surface area contributed by atoms with Crippen LogP contribution >= 0.6 is 0 Å². The number of likely N-dealkylation sites (tertiary alicyclic amines) is 1. The first-order valence-electron chi connectivity index (χ1n) is 10.9. The van der Waals surface area contributed by atoms with Crippen LogP contribution < -0.4 is 0 Å². The summed E-state index contributed by atoms with van der Waals surface area (Å²) in [5.74, 6) is 0.752. The monoisotopic (exact) mass is 387 g/mol. The topological polar surface area (TPSA) is 3.24 Å². The number of rotatable bonds is 6. The molecule has 29 heavy (non-hydrogen) atoms. The second kappa shape index (κ2) is 12.2. The summed E-state index contributed by atoms with van der Waals surface area (Å²) in [5.41, 5.74) is 4.19. The number of benzene rings is 2. The lowest BCUT2D eigenvalue weighted by Gasteiger charge is -2.30. The van der Waals surface area contributed by atoms with E-state index in [1.54, 1.807) is 0 Å². The fourth-order valence-corrected chi connectivity index (χ4v) is 3.83. The molecule has 0 N–H and O–H groups in total. The zero-order valence-corrected chi connectivity index (χ0v) is 18.5. The fraction of sp³-hybridized carbons (Fsp3) is 0.357. The molecule has 2 aromatic rings. The van der Waals surface area contributed by atoms with Crippen molar-refractivity contribution in [2.75, 3.05) is 20.1 Å². The summed E-state index contributed by atoms with van der Waals surface area (Å²) in [5, 5.41) is 2.61. The number of fused-ring (bicyclic) bond motifs is 1.